The van der Waals surface area contributed by atoms with Crippen LogP contribution in [0, 0.1) is 17.7 Å². The molecule has 2 aromatic rings. The standard InChI is InChI=1S/C31H42F4OSi/c1-2-3-4-19-37-20-17-24(18-21-37)6-5-23-7-9-25(10-8-23)27-13-16-29(30(32)22-27)26-11-14-28(15-12-26)36-31(33,34)35/h11-16,22-25,37H,2-10,17-21H2,1H3/t23-,24?,25-,37?. The molecule has 2 aliphatic rings. The van der Waals surface area contributed by atoms with E-state index in [4.69, 9.17) is 0 Å². The molecule has 1 saturated heterocycles. The van der Waals surface area contributed by atoms with Crippen LogP contribution in [-0.2, 0) is 0 Å². The molecule has 1 saturated carbocycles. The van der Waals surface area contributed by atoms with Gasteiger partial charge in [0.05, 0.1) is 0 Å². The Labute approximate surface area is 221 Å². The summed E-state index contributed by atoms with van der Waals surface area (Å²) in [6.07, 6.45) is 9.94. The lowest BCUT2D eigenvalue weighted by Crippen LogP contribution is -2.22. The van der Waals surface area contributed by atoms with Crippen LogP contribution in [0.2, 0.25) is 18.1 Å². The second-order valence-electron chi connectivity index (χ2n) is 11.5. The van der Waals surface area contributed by atoms with Gasteiger partial charge < -0.3 is 4.74 Å². The van der Waals surface area contributed by atoms with Crippen molar-refractivity contribution in [2.45, 2.75) is 108 Å². The number of unbranched alkanes of at least 4 members (excludes halogenated alkanes) is 2. The maximum atomic E-state index is 15.0. The monoisotopic (exact) mass is 534 g/mol. The first kappa shape index (κ1) is 28.2. The van der Waals surface area contributed by atoms with Crippen molar-refractivity contribution in [2.75, 3.05) is 0 Å². The predicted molar refractivity (Wildman–Crippen MR) is 146 cm³/mol. The van der Waals surface area contributed by atoms with Gasteiger partial charge in [0.25, 0.3) is 0 Å². The average molecular weight is 535 g/mol. The fourth-order valence-electron chi connectivity index (χ4n) is 6.60. The molecule has 2 aromatic carbocycles. The molecule has 1 aliphatic carbocycles. The SMILES string of the molecule is CCCCC[SiH]1CCC(CC[C@H]2CC[C@H](c3ccc(-c4ccc(OC(F)(F)F)cc4)c(F)c3)CC2)CC1. The molecule has 0 N–H and O–H groups in total. The largest absolute Gasteiger partial charge is 0.573 e. The molecule has 0 unspecified atom stereocenters. The molecule has 37 heavy (non-hydrogen) atoms. The molecule has 6 heteroatoms. The number of rotatable bonds is 10. The molecule has 0 bridgehead atoms. The zero-order valence-corrected chi connectivity index (χ0v) is 23.3. The molecule has 1 heterocycles. The molecule has 2 fully saturated rings. The smallest absolute Gasteiger partial charge is 0.406 e. The van der Waals surface area contributed by atoms with Gasteiger partial charge in [0, 0.05) is 14.4 Å². The summed E-state index contributed by atoms with van der Waals surface area (Å²) in [4.78, 5) is 0. The van der Waals surface area contributed by atoms with Gasteiger partial charge in [-0.15, -0.1) is 13.2 Å². The predicted octanol–water partition coefficient (Wildman–Crippen LogP) is 10.3. The van der Waals surface area contributed by atoms with E-state index >= 15 is 0 Å². The van der Waals surface area contributed by atoms with Crippen molar-refractivity contribution in [3.8, 4) is 16.9 Å². The Morgan fingerprint density at radius 3 is 2.08 bits per heavy atom. The minimum Gasteiger partial charge on any atom is -0.406 e. The maximum absolute atomic E-state index is 15.0. The molecule has 4 rings (SSSR count). The summed E-state index contributed by atoms with van der Waals surface area (Å²) in [5.74, 6) is 1.55. The van der Waals surface area contributed by atoms with Crippen LogP contribution in [0.3, 0.4) is 0 Å². The van der Waals surface area contributed by atoms with Gasteiger partial charge in [-0.3, -0.25) is 0 Å². The first-order valence-corrected chi connectivity index (χ1v) is 16.9. The van der Waals surface area contributed by atoms with E-state index in [0.29, 0.717) is 17.0 Å². The number of hydrogen-bond donors (Lipinski definition) is 0. The number of hydrogen-bond acceptors (Lipinski definition) is 1. The molecule has 0 amide bonds. The van der Waals surface area contributed by atoms with Crippen molar-refractivity contribution >= 4 is 8.80 Å². The van der Waals surface area contributed by atoms with Crippen molar-refractivity contribution < 1.29 is 22.3 Å². The Hall–Kier alpha value is -1.82. The van der Waals surface area contributed by atoms with E-state index in [1.54, 1.807) is 30.3 Å². The topological polar surface area (TPSA) is 9.23 Å². The zero-order chi connectivity index (χ0) is 26.3. The van der Waals surface area contributed by atoms with Crippen molar-refractivity contribution in [1.29, 1.82) is 0 Å². The summed E-state index contributed by atoms with van der Waals surface area (Å²) < 4.78 is 56.0. The minimum absolute atomic E-state index is 0.304. The van der Waals surface area contributed by atoms with E-state index in [9.17, 15) is 17.6 Å². The lowest BCUT2D eigenvalue weighted by molar-refractivity contribution is -0.274. The molecule has 1 nitrogen and oxygen atoms in total. The van der Waals surface area contributed by atoms with E-state index in [0.717, 1.165) is 30.2 Å². The van der Waals surface area contributed by atoms with Crippen LogP contribution in [0.15, 0.2) is 42.5 Å². The fraction of sp³-hybridized carbons (Fsp3) is 0.613. The van der Waals surface area contributed by atoms with Crippen molar-refractivity contribution in [3.05, 3.63) is 53.8 Å². The first-order chi connectivity index (χ1) is 17.8. The van der Waals surface area contributed by atoms with Gasteiger partial charge >= 0.3 is 6.36 Å². The highest BCUT2D eigenvalue weighted by atomic mass is 28.3. The summed E-state index contributed by atoms with van der Waals surface area (Å²) in [6.45, 7) is 2.30. The van der Waals surface area contributed by atoms with Crippen LogP contribution in [-0.4, -0.2) is 15.2 Å². The summed E-state index contributed by atoms with van der Waals surface area (Å²) in [5.41, 5.74) is 1.99. The Morgan fingerprint density at radius 2 is 1.49 bits per heavy atom. The van der Waals surface area contributed by atoms with Gasteiger partial charge in [-0.05, 0) is 72.8 Å². The van der Waals surface area contributed by atoms with Crippen LogP contribution in [0.5, 0.6) is 5.75 Å². The first-order valence-electron chi connectivity index (χ1n) is 14.5. The van der Waals surface area contributed by atoms with E-state index < -0.39 is 15.2 Å². The maximum Gasteiger partial charge on any atom is 0.573 e. The molecule has 0 radical (unpaired) electrons. The number of alkyl halides is 3. The number of benzene rings is 2. The van der Waals surface area contributed by atoms with Gasteiger partial charge in [-0.25, -0.2) is 4.39 Å². The molecular weight excluding hydrogens is 492 g/mol. The second kappa shape index (κ2) is 13.3. The van der Waals surface area contributed by atoms with Crippen LogP contribution >= 0.6 is 0 Å². The van der Waals surface area contributed by atoms with Crippen molar-refractivity contribution in [2.24, 2.45) is 11.8 Å². The highest BCUT2D eigenvalue weighted by Crippen LogP contribution is 2.40. The Morgan fingerprint density at radius 1 is 0.838 bits per heavy atom. The lowest BCUT2D eigenvalue weighted by Gasteiger charge is -2.32. The molecule has 0 spiro atoms. The fourth-order valence-corrected chi connectivity index (χ4v) is 10.2. The Balaban J connectivity index is 1.21. The van der Waals surface area contributed by atoms with Gasteiger partial charge in [0.2, 0.25) is 0 Å². The van der Waals surface area contributed by atoms with Crippen molar-refractivity contribution in [3.63, 3.8) is 0 Å². The van der Waals surface area contributed by atoms with E-state index in [1.807, 2.05) is 6.07 Å². The number of ether oxygens (including phenoxy) is 1. The second-order valence-corrected chi connectivity index (χ2v) is 15.0. The van der Waals surface area contributed by atoms with E-state index in [2.05, 4.69) is 11.7 Å². The van der Waals surface area contributed by atoms with E-state index in [-0.39, 0.29) is 11.6 Å². The highest BCUT2D eigenvalue weighted by Gasteiger charge is 2.31. The molecule has 204 valence electrons. The summed E-state index contributed by atoms with van der Waals surface area (Å²) in [6, 6.07) is 15.5. The van der Waals surface area contributed by atoms with Gasteiger partial charge in [-0.2, -0.15) is 0 Å². The zero-order valence-electron chi connectivity index (χ0n) is 22.2. The highest BCUT2D eigenvalue weighted by molar-refractivity contribution is 6.58. The molecule has 1 aliphatic heterocycles. The van der Waals surface area contributed by atoms with Crippen LogP contribution in [0.25, 0.3) is 11.1 Å². The van der Waals surface area contributed by atoms with Crippen LogP contribution in [0.1, 0.15) is 89.0 Å². The van der Waals surface area contributed by atoms with Crippen LogP contribution < -0.4 is 4.74 Å². The minimum atomic E-state index is -4.73. The Bertz CT molecular complexity index is 958. The van der Waals surface area contributed by atoms with Gasteiger partial charge in [0.1, 0.15) is 11.6 Å². The number of halogens is 4. The Kier molecular flexibility index (Phi) is 10.1. The normalized spacial score (nSPS) is 24.7. The van der Waals surface area contributed by atoms with E-state index in [1.165, 1.54) is 82.1 Å². The van der Waals surface area contributed by atoms with Crippen LogP contribution in [0.4, 0.5) is 17.6 Å². The third-order valence-electron chi connectivity index (χ3n) is 8.88. The van der Waals surface area contributed by atoms with Gasteiger partial charge in [-0.1, -0.05) is 94.3 Å². The lowest BCUT2D eigenvalue weighted by atomic mass is 9.76. The molecular formula is C31H42F4OSi. The average Bonchev–Trinajstić information content (AvgIpc) is 2.88. The van der Waals surface area contributed by atoms with Gasteiger partial charge in [0.15, 0.2) is 0 Å². The summed E-state index contributed by atoms with van der Waals surface area (Å²) >= 11 is 0. The molecule has 0 aromatic heterocycles. The molecule has 0 atom stereocenters. The third-order valence-corrected chi connectivity index (χ3v) is 12.4. The summed E-state index contributed by atoms with van der Waals surface area (Å²) in [7, 11) is -0.414. The quantitative estimate of drug-likeness (QED) is 0.167. The van der Waals surface area contributed by atoms with Crippen molar-refractivity contribution in [1.82, 2.24) is 0 Å². The third kappa shape index (κ3) is 8.59. The summed E-state index contributed by atoms with van der Waals surface area (Å²) in [5, 5.41) is 0.